The molecular formula is C11H11BrO. The van der Waals surface area contributed by atoms with Gasteiger partial charge in [0.2, 0.25) is 0 Å². The average molecular weight is 239 g/mol. The number of rotatable bonds is 2. The predicted octanol–water partition coefficient (Wildman–Crippen LogP) is 2.57. The van der Waals surface area contributed by atoms with Crippen LogP contribution in [0.3, 0.4) is 0 Å². The van der Waals surface area contributed by atoms with E-state index in [0.717, 1.165) is 22.9 Å². The van der Waals surface area contributed by atoms with Crippen LogP contribution in [-0.4, -0.2) is 11.7 Å². The molecule has 13 heavy (non-hydrogen) atoms. The standard InChI is InChI=1S/C11H11BrO/c12-11-7-4-6-10(9-11)5-2-1-3-8-13/h4,6-7,9,13H,1,3,8H2. The van der Waals surface area contributed by atoms with Gasteiger partial charge in [-0.15, -0.1) is 0 Å². The Balaban J connectivity index is 2.56. The van der Waals surface area contributed by atoms with Crippen molar-refractivity contribution in [1.29, 1.82) is 0 Å². The largest absolute Gasteiger partial charge is 0.396 e. The molecule has 68 valence electrons. The van der Waals surface area contributed by atoms with Crippen LogP contribution in [-0.2, 0) is 0 Å². The van der Waals surface area contributed by atoms with E-state index in [2.05, 4.69) is 27.8 Å². The molecule has 0 heterocycles. The highest BCUT2D eigenvalue weighted by atomic mass is 79.9. The van der Waals surface area contributed by atoms with Crippen LogP contribution in [0, 0.1) is 11.8 Å². The topological polar surface area (TPSA) is 20.2 Å². The quantitative estimate of drug-likeness (QED) is 0.621. The summed E-state index contributed by atoms with van der Waals surface area (Å²) in [6.07, 6.45) is 1.50. The first-order chi connectivity index (χ1) is 6.33. The van der Waals surface area contributed by atoms with Crippen molar-refractivity contribution in [2.75, 3.05) is 6.61 Å². The minimum absolute atomic E-state index is 0.215. The zero-order valence-corrected chi connectivity index (χ0v) is 8.84. The number of hydrogen-bond donors (Lipinski definition) is 1. The van der Waals surface area contributed by atoms with Crippen LogP contribution in [0.15, 0.2) is 28.7 Å². The maximum Gasteiger partial charge on any atom is 0.0440 e. The second kappa shape index (κ2) is 5.80. The van der Waals surface area contributed by atoms with Gasteiger partial charge in [-0.3, -0.25) is 0 Å². The molecule has 0 saturated carbocycles. The van der Waals surface area contributed by atoms with Crippen LogP contribution < -0.4 is 0 Å². The molecule has 0 aromatic heterocycles. The van der Waals surface area contributed by atoms with E-state index >= 15 is 0 Å². The summed E-state index contributed by atoms with van der Waals surface area (Å²) in [4.78, 5) is 0. The average Bonchev–Trinajstić information content (AvgIpc) is 2.13. The highest BCUT2D eigenvalue weighted by molar-refractivity contribution is 9.10. The lowest BCUT2D eigenvalue weighted by Gasteiger charge is -1.90. The number of benzene rings is 1. The van der Waals surface area contributed by atoms with Gasteiger partial charge >= 0.3 is 0 Å². The van der Waals surface area contributed by atoms with Gasteiger partial charge in [0, 0.05) is 23.1 Å². The molecule has 2 heteroatoms. The van der Waals surface area contributed by atoms with E-state index in [4.69, 9.17) is 5.11 Å². The maximum atomic E-state index is 8.53. The summed E-state index contributed by atoms with van der Waals surface area (Å²) in [6.45, 7) is 0.215. The van der Waals surface area contributed by atoms with Gasteiger partial charge in [0.05, 0.1) is 0 Å². The number of hydrogen-bond acceptors (Lipinski definition) is 1. The third kappa shape index (κ3) is 4.12. The van der Waals surface area contributed by atoms with E-state index in [1.54, 1.807) is 0 Å². The Morgan fingerprint density at radius 1 is 1.38 bits per heavy atom. The molecule has 1 aromatic carbocycles. The Bertz CT molecular complexity index is 322. The van der Waals surface area contributed by atoms with Crippen LogP contribution in [0.2, 0.25) is 0 Å². The maximum absolute atomic E-state index is 8.53. The number of unbranched alkanes of at least 4 members (excludes halogenated alkanes) is 1. The summed E-state index contributed by atoms with van der Waals surface area (Å²) in [5, 5.41) is 8.53. The predicted molar refractivity (Wildman–Crippen MR) is 57.3 cm³/mol. The van der Waals surface area contributed by atoms with Crippen molar-refractivity contribution in [3.8, 4) is 11.8 Å². The van der Waals surface area contributed by atoms with Crippen LogP contribution in [0.5, 0.6) is 0 Å². The molecule has 1 aromatic rings. The molecule has 1 rings (SSSR count). The van der Waals surface area contributed by atoms with E-state index in [-0.39, 0.29) is 6.61 Å². The van der Waals surface area contributed by atoms with Crippen LogP contribution >= 0.6 is 15.9 Å². The van der Waals surface area contributed by atoms with Gasteiger partial charge in [-0.2, -0.15) is 0 Å². The molecular weight excluding hydrogens is 228 g/mol. The van der Waals surface area contributed by atoms with Gasteiger partial charge in [-0.25, -0.2) is 0 Å². The molecule has 0 fully saturated rings. The molecule has 0 atom stereocenters. The van der Waals surface area contributed by atoms with E-state index in [1.165, 1.54) is 0 Å². The SMILES string of the molecule is OCCCC#Cc1cccc(Br)c1. The Hall–Kier alpha value is -0.780. The third-order valence-corrected chi connectivity index (χ3v) is 2.01. The Kier molecular flexibility index (Phi) is 4.59. The smallest absolute Gasteiger partial charge is 0.0440 e. The van der Waals surface area contributed by atoms with Crippen molar-refractivity contribution in [3.63, 3.8) is 0 Å². The second-order valence-electron chi connectivity index (χ2n) is 2.64. The molecule has 1 N–H and O–H groups in total. The molecule has 0 bridgehead atoms. The van der Waals surface area contributed by atoms with Gasteiger partial charge in [0.15, 0.2) is 0 Å². The van der Waals surface area contributed by atoms with Crippen LogP contribution in [0.4, 0.5) is 0 Å². The molecule has 0 amide bonds. The highest BCUT2D eigenvalue weighted by Crippen LogP contribution is 2.10. The van der Waals surface area contributed by atoms with Gasteiger partial charge in [-0.1, -0.05) is 33.8 Å². The molecule has 0 radical (unpaired) electrons. The van der Waals surface area contributed by atoms with Gasteiger partial charge < -0.3 is 5.11 Å². The van der Waals surface area contributed by atoms with Crippen molar-refractivity contribution in [2.45, 2.75) is 12.8 Å². The van der Waals surface area contributed by atoms with Crippen molar-refractivity contribution in [1.82, 2.24) is 0 Å². The lowest BCUT2D eigenvalue weighted by Crippen LogP contribution is -1.79. The molecule has 1 nitrogen and oxygen atoms in total. The first-order valence-electron chi connectivity index (χ1n) is 4.18. The molecule has 0 aliphatic rings. The summed E-state index contributed by atoms with van der Waals surface area (Å²) in [5.74, 6) is 6.03. The van der Waals surface area contributed by atoms with Crippen molar-refractivity contribution in [3.05, 3.63) is 34.3 Å². The van der Waals surface area contributed by atoms with E-state index in [0.29, 0.717) is 0 Å². The fourth-order valence-corrected chi connectivity index (χ4v) is 1.30. The number of aliphatic hydroxyl groups excluding tert-OH is 1. The minimum Gasteiger partial charge on any atom is -0.396 e. The molecule has 0 aliphatic carbocycles. The molecule has 0 spiro atoms. The van der Waals surface area contributed by atoms with Gasteiger partial charge in [0.1, 0.15) is 0 Å². The first kappa shape index (κ1) is 10.3. The van der Waals surface area contributed by atoms with E-state index in [9.17, 15) is 0 Å². The van der Waals surface area contributed by atoms with Crippen molar-refractivity contribution >= 4 is 15.9 Å². The van der Waals surface area contributed by atoms with Crippen LogP contribution in [0.25, 0.3) is 0 Å². The van der Waals surface area contributed by atoms with E-state index in [1.807, 2.05) is 24.3 Å². The Morgan fingerprint density at radius 3 is 2.92 bits per heavy atom. The summed E-state index contributed by atoms with van der Waals surface area (Å²) < 4.78 is 1.04. The Morgan fingerprint density at radius 2 is 2.23 bits per heavy atom. The monoisotopic (exact) mass is 238 g/mol. The molecule has 0 unspecified atom stereocenters. The zero-order valence-electron chi connectivity index (χ0n) is 7.26. The molecule has 0 saturated heterocycles. The number of halogens is 1. The highest BCUT2D eigenvalue weighted by Gasteiger charge is 1.87. The lowest BCUT2D eigenvalue weighted by atomic mass is 10.2. The number of aliphatic hydroxyl groups is 1. The lowest BCUT2D eigenvalue weighted by molar-refractivity contribution is 0.290. The fourth-order valence-electron chi connectivity index (χ4n) is 0.898. The second-order valence-corrected chi connectivity index (χ2v) is 3.55. The Labute approximate surface area is 86.9 Å². The zero-order chi connectivity index (χ0) is 9.52. The molecule has 0 aliphatic heterocycles. The summed E-state index contributed by atoms with van der Waals surface area (Å²) >= 11 is 3.38. The van der Waals surface area contributed by atoms with E-state index < -0.39 is 0 Å². The normalized spacial score (nSPS) is 9.08. The fraction of sp³-hybridized carbons (Fsp3) is 0.273. The minimum atomic E-state index is 0.215. The summed E-state index contributed by atoms with van der Waals surface area (Å²) in [6, 6.07) is 7.88. The van der Waals surface area contributed by atoms with Crippen molar-refractivity contribution in [2.24, 2.45) is 0 Å². The first-order valence-corrected chi connectivity index (χ1v) is 4.97. The third-order valence-electron chi connectivity index (χ3n) is 1.52. The summed E-state index contributed by atoms with van der Waals surface area (Å²) in [7, 11) is 0. The van der Waals surface area contributed by atoms with Crippen molar-refractivity contribution < 1.29 is 5.11 Å². The van der Waals surface area contributed by atoms with Gasteiger partial charge in [-0.05, 0) is 24.6 Å². The summed E-state index contributed by atoms with van der Waals surface area (Å²) in [5.41, 5.74) is 1.01. The van der Waals surface area contributed by atoms with Crippen LogP contribution in [0.1, 0.15) is 18.4 Å². The van der Waals surface area contributed by atoms with Gasteiger partial charge in [0.25, 0.3) is 0 Å².